The van der Waals surface area contributed by atoms with Gasteiger partial charge in [-0.15, -0.1) is 11.3 Å². The number of thiophene rings is 1. The average molecular weight is 551 g/mol. The number of anilines is 1. The van der Waals surface area contributed by atoms with Crippen molar-refractivity contribution in [1.29, 1.82) is 5.26 Å². The van der Waals surface area contributed by atoms with E-state index in [1.165, 1.54) is 5.38 Å². The Morgan fingerprint density at radius 2 is 1.95 bits per heavy atom. The van der Waals surface area contributed by atoms with Crippen molar-refractivity contribution < 1.29 is 29.0 Å². The third kappa shape index (κ3) is 5.04. The summed E-state index contributed by atoms with van der Waals surface area (Å²) in [6.07, 6.45) is 2.47. The van der Waals surface area contributed by atoms with Crippen LogP contribution in [0.25, 0.3) is 0 Å². The molecule has 12 heteroatoms. The van der Waals surface area contributed by atoms with E-state index in [1.807, 2.05) is 4.90 Å². The van der Waals surface area contributed by atoms with Crippen LogP contribution in [-0.4, -0.2) is 60.5 Å². The smallest absolute Gasteiger partial charge is 0.346 e. The molecule has 0 spiro atoms. The third-order valence-electron chi connectivity index (χ3n) is 7.13. The van der Waals surface area contributed by atoms with E-state index < -0.39 is 22.4 Å². The molecular formula is C27H26N4O7S. The largest absolute Gasteiger partial charge is 0.477 e. The van der Waals surface area contributed by atoms with Gasteiger partial charge in [0.2, 0.25) is 5.88 Å². The number of carboxylic acids is 1. The highest BCUT2D eigenvalue weighted by atomic mass is 32.1. The van der Waals surface area contributed by atoms with Gasteiger partial charge in [-0.2, -0.15) is 5.26 Å². The van der Waals surface area contributed by atoms with E-state index in [-0.39, 0.29) is 22.0 Å². The third-order valence-corrected chi connectivity index (χ3v) is 8.09. The second-order valence-electron chi connectivity index (χ2n) is 9.22. The average Bonchev–Trinajstić information content (AvgIpc) is 3.44. The van der Waals surface area contributed by atoms with Gasteiger partial charge < -0.3 is 24.2 Å². The summed E-state index contributed by atoms with van der Waals surface area (Å²) >= 11 is 0.796. The number of carboxylic acid groups (broad SMARTS) is 1. The topological polar surface area (TPSA) is 148 Å². The minimum absolute atomic E-state index is 0.0276. The standard InChI is InChI=1S/C27H26N4O7S/c28-16-18-4-5-20(15-21(18)30-9-13-37-14-10-30)27(19-6-11-36-12-7-19,38-23-3-1-2-8-29-23)24-22(31(34)35)17-39-25(24)26(32)33/h1-5,8,15,17,19H,6-7,9-14H2,(H,32,33). The molecule has 2 aliphatic heterocycles. The highest BCUT2D eigenvalue weighted by Gasteiger charge is 2.52. The minimum atomic E-state index is -1.61. The van der Waals surface area contributed by atoms with Gasteiger partial charge in [-0.3, -0.25) is 10.1 Å². The molecule has 0 radical (unpaired) electrons. The number of pyridine rings is 1. The summed E-state index contributed by atoms with van der Waals surface area (Å²) in [5.41, 5.74) is -0.405. The molecule has 2 aliphatic rings. The van der Waals surface area contributed by atoms with Gasteiger partial charge in [0.15, 0.2) is 5.60 Å². The van der Waals surface area contributed by atoms with E-state index in [9.17, 15) is 25.3 Å². The summed E-state index contributed by atoms with van der Waals surface area (Å²) in [5.74, 6) is -1.49. The zero-order valence-corrected chi connectivity index (χ0v) is 21.8. The van der Waals surface area contributed by atoms with E-state index in [4.69, 9.17) is 14.2 Å². The monoisotopic (exact) mass is 550 g/mol. The molecule has 2 aromatic heterocycles. The highest BCUT2D eigenvalue weighted by Crippen LogP contribution is 2.51. The van der Waals surface area contributed by atoms with Crippen LogP contribution in [0.1, 0.15) is 39.2 Å². The van der Waals surface area contributed by atoms with Gasteiger partial charge in [0.1, 0.15) is 16.5 Å². The molecule has 11 nitrogen and oxygen atoms in total. The molecule has 3 aromatic rings. The van der Waals surface area contributed by atoms with Crippen LogP contribution >= 0.6 is 11.3 Å². The Bertz CT molecular complexity index is 1360. The number of hydrogen-bond donors (Lipinski definition) is 1. The number of nitro groups is 1. The summed E-state index contributed by atoms with van der Waals surface area (Å²) in [5, 5.41) is 33.7. The van der Waals surface area contributed by atoms with Crippen molar-refractivity contribution >= 4 is 28.7 Å². The maximum atomic E-state index is 12.5. The minimum Gasteiger partial charge on any atom is -0.477 e. The van der Waals surface area contributed by atoms with E-state index in [2.05, 4.69) is 11.1 Å². The fourth-order valence-electron chi connectivity index (χ4n) is 5.38. The molecule has 1 N–H and O–H groups in total. The van der Waals surface area contributed by atoms with Crippen LogP contribution < -0.4 is 9.64 Å². The van der Waals surface area contributed by atoms with Crippen LogP contribution in [0.15, 0.2) is 48.0 Å². The van der Waals surface area contributed by atoms with Crippen molar-refractivity contribution in [2.24, 2.45) is 5.92 Å². The van der Waals surface area contributed by atoms with Gasteiger partial charge in [0, 0.05) is 50.0 Å². The first-order valence-corrected chi connectivity index (χ1v) is 13.4. The van der Waals surface area contributed by atoms with E-state index in [0.717, 1.165) is 11.3 Å². The maximum Gasteiger partial charge on any atom is 0.346 e. The number of aromatic nitrogens is 1. The van der Waals surface area contributed by atoms with Gasteiger partial charge in [-0.05, 0) is 31.0 Å². The SMILES string of the molecule is N#Cc1ccc(C(Oc2ccccn2)(c2c([N+](=O)[O-])csc2C(=O)O)C2CCOCC2)cc1N1CCOCC1. The molecular weight excluding hydrogens is 524 g/mol. The van der Waals surface area contributed by atoms with Crippen molar-refractivity contribution in [3.05, 3.63) is 79.7 Å². The summed E-state index contributed by atoms with van der Waals surface area (Å²) in [7, 11) is 0. The number of morpholine rings is 1. The van der Waals surface area contributed by atoms with Crippen LogP contribution in [0, 0.1) is 27.4 Å². The number of benzene rings is 1. The Hall–Kier alpha value is -4.05. The summed E-state index contributed by atoms with van der Waals surface area (Å²) in [4.78, 5) is 30.5. The van der Waals surface area contributed by atoms with Crippen LogP contribution in [0.2, 0.25) is 0 Å². The van der Waals surface area contributed by atoms with Crippen molar-refractivity contribution in [1.82, 2.24) is 4.98 Å². The molecule has 0 saturated carbocycles. The van der Waals surface area contributed by atoms with E-state index in [1.54, 1.807) is 42.6 Å². The molecule has 4 heterocycles. The number of nitriles is 1. The molecule has 39 heavy (non-hydrogen) atoms. The molecule has 202 valence electrons. The lowest BCUT2D eigenvalue weighted by atomic mass is 9.71. The summed E-state index contributed by atoms with van der Waals surface area (Å²) < 4.78 is 17.8. The molecule has 1 unspecified atom stereocenters. The molecule has 2 fully saturated rings. The van der Waals surface area contributed by atoms with Crippen molar-refractivity contribution in [3.63, 3.8) is 0 Å². The molecule has 5 rings (SSSR count). The zero-order valence-electron chi connectivity index (χ0n) is 20.9. The maximum absolute atomic E-state index is 12.5. The normalized spacial score (nSPS) is 17.7. The van der Waals surface area contributed by atoms with Gasteiger partial charge >= 0.3 is 5.97 Å². The lowest BCUT2D eigenvalue weighted by Crippen LogP contribution is -2.46. The molecule has 0 bridgehead atoms. The van der Waals surface area contributed by atoms with Gasteiger partial charge in [0.25, 0.3) is 5.69 Å². The number of rotatable bonds is 8. The van der Waals surface area contributed by atoms with E-state index >= 15 is 0 Å². The Balaban J connectivity index is 1.84. The van der Waals surface area contributed by atoms with Gasteiger partial charge in [-0.1, -0.05) is 12.1 Å². The predicted molar refractivity (Wildman–Crippen MR) is 141 cm³/mol. The fraction of sp³-hybridized carbons (Fsp3) is 0.370. The predicted octanol–water partition coefficient (Wildman–Crippen LogP) is 4.21. The van der Waals surface area contributed by atoms with Crippen LogP contribution in [-0.2, 0) is 15.1 Å². The molecule has 2 saturated heterocycles. The number of carbonyl (C=O) groups is 1. The summed E-state index contributed by atoms with van der Waals surface area (Å²) in [6, 6.07) is 12.5. The number of hydrogen-bond acceptors (Lipinski definition) is 10. The zero-order chi connectivity index (χ0) is 27.4. The van der Waals surface area contributed by atoms with Crippen molar-refractivity contribution in [2.45, 2.75) is 18.4 Å². The summed E-state index contributed by atoms with van der Waals surface area (Å²) in [6.45, 7) is 2.86. The first kappa shape index (κ1) is 26.6. The Morgan fingerprint density at radius 3 is 2.59 bits per heavy atom. The highest BCUT2D eigenvalue weighted by molar-refractivity contribution is 7.12. The molecule has 0 aliphatic carbocycles. The lowest BCUT2D eigenvalue weighted by Gasteiger charge is -2.43. The molecule has 1 atom stereocenters. The molecule has 1 aromatic carbocycles. The number of nitrogens with zero attached hydrogens (tertiary/aromatic N) is 4. The van der Waals surface area contributed by atoms with Crippen molar-refractivity contribution in [2.75, 3.05) is 44.4 Å². The Morgan fingerprint density at radius 1 is 1.21 bits per heavy atom. The van der Waals surface area contributed by atoms with Crippen molar-refractivity contribution in [3.8, 4) is 11.9 Å². The lowest BCUT2D eigenvalue weighted by molar-refractivity contribution is -0.386. The van der Waals surface area contributed by atoms with E-state index in [0.29, 0.717) is 69.2 Å². The van der Waals surface area contributed by atoms with Crippen LogP contribution in [0.3, 0.4) is 0 Å². The molecule has 0 amide bonds. The van der Waals surface area contributed by atoms with Crippen LogP contribution in [0.5, 0.6) is 5.88 Å². The number of aromatic carboxylic acids is 1. The van der Waals surface area contributed by atoms with Crippen LogP contribution in [0.4, 0.5) is 11.4 Å². The fourth-order valence-corrected chi connectivity index (χ4v) is 6.28. The second-order valence-corrected chi connectivity index (χ2v) is 10.1. The first-order valence-electron chi connectivity index (χ1n) is 12.5. The Labute approximate surface area is 228 Å². The quantitative estimate of drug-likeness (QED) is 0.319. The second kappa shape index (κ2) is 11.4. The van der Waals surface area contributed by atoms with Gasteiger partial charge in [-0.25, -0.2) is 9.78 Å². The number of ether oxygens (including phenoxy) is 3. The first-order chi connectivity index (χ1) is 19.0. The van der Waals surface area contributed by atoms with Gasteiger partial charge in [0.05, 0.1) is 34.8 Å². The Kier molecular flexibility index (Phi) is 7.74.